The van der Waals surface area contributed by atoms with Crippen molar-refractivity contribution >= 4 is 0 Å². The lowest BCUT2D eigenvalue weighted by molar-refractivity contribution is -0.127. The van der Waals surface area contributed by atoms with Gasteiger partial charge in [0.25, 0.3) is 0 Å². The maximum Gasteiger partial charge on any atom is 0.124 e. The van der Waals surface area contributed by atoms with Crippen LogP contribution in [-0.2, 0) is 5.60 Å². The molecule has 1 aromatic carbocycles. The molecule has 1 aromatic heterocycles. The number of hydrogen-bond donors (Lipinski definition) is 1. The number of hydrogen-bond acceptors (Lipinski definition) is 3. The average molecular weight is 334 g/mol. The highest BCUT2D eigenvalue weighted by Gasteiger charge is 2.55. The van der Waals surface area contributed by atoms with Crippen molar-refractivity contribution < 1.29 is 5.11 Å². The van der Waals surface area contributed by atoms with Gasteiger partial charge in [-0.15, -0.1) is 6.42 Å². The molecule has 1 atom stereocenters. The van der Waals surface area contributed by atoms with E-state index in [0.29, 0.717) is 11.5 Å². The molecule has 25 heavy (non-hydrogen) atoms. The molecule has 3 rings (SSSR count). The smallest absolute Gasteiger partial charge is 0.124 e. The van der Waals surface area contributed by atoms with Gasteiger partial charge in [-0.3, -0.25) is 4.98 Å². The third-order valence-corrected chi connectivity index (χ3v) is 5.43. The molecule has 3 heteroatoms. The van der Waals surface area contributed by atoms with Crippen molar-refractivity contribution in [1.82, 2.24) is 9.88 Å². The van der Waals surface area contributed by atoms with Gasteiger partial charge in [-0.2, -0.15) is 0 Å². The second-order valence-corrected chi connectivity index (χ2v) is 7.83. The first-order valence-corrected chi connectivity index (χ1v) is 8.73. The maximum atomic E-state index is 12.0. The highest BCUT2D eigenvalue weighted by atomic mass is 16.3. The van der Waals surface area contributed by atoms with Crippen LogP contribution in [0.1, 0.15) is 48.9 Å². The molecule has 0 bridgehead atoms. The minimum Gasteiger partial charge on any atom is -0.380 e. The van der Waals surface area contributed by atoms with Crippen LogP contribution in [0.15, 0.2) is 42.7 Å². The second-order valence-electron chi connectivity index (χ2n) is 7.83. The van der Waals surface area contributed by atoms with Gasteiger partial charge in [0.15, 0.2) is 0 Å². The molecule has 2 heterocycles. The first kappa shape index (κ1) is 17.7. The molecule has 0 saturated carbocycles. The van der Waals surface area contributed by atoms with E-state index in [2.05, 4.69) is 55.8 Å². The highest BCUT2D eigenvalue weighted by Crippen LogP contribution is 2.50. The quantitative estimate of drug-likeness (QED) is 0.871. The van der Waals surface area contributed by atoms with Crippen molar-refractivity contribution in [3.63, 3.8) is 0 Å². The van der Waals surface area contributed by atoms with Crippen molar-refractivity contribution in [2.45, 2.75) is 32.3 Å². The number of aliphatic hydroxyl groups is 1. The lowest BCUT2D eigenvalue weighted by Crippen LogP contribution is -2.63. The van der Waals surface area contributed by atoms with E-state index in [0.717, 1.165) is 24.2 Å². The Morgan fingerprint density at radius 2 is 1.84 bits per heavy atom. The SMILES string of the molecule is C#Cc1cncc([C@@](O)(c2ccc(C(C)C)cc2)C2(C)CN(C)C2)c1. The van der Waals surface area contributed by atoms with Gasteiger partial charge in [0, 0.05) is 42.0 Å². The molecular weight excluding hydrogens is 308 g/mol. The van der Waals surface area contributed by atoms with Crippen LogP contribution in [0.5, 0.6) is 0 Å². The lowest BCUT2D eigenvalue weighted by Gasteiger charge is -2.55. The van der Waals surface area contributed by atoms with E-state index < -0.39 is 5.60 Å². The van der Waals surface area contributed by atoms with Gasteiger partial charge < -0.3 is 10.0 Å². The Morgan fingerprint density at radius 3 is 2.36 bits per heavy atom. The fourth-order valence-electron chi connectivity index (χ4n) is 4.06. The largest absolute Gasteiger partial charge is 0.380 e. The van der Waals surface area contributed by atoms with Gasteiger partial charge in [-0.05, 0) is 30.2 Å². The van der Waals surface area contributed by atoms with Crippen LogP contribution in [-0.4, -0.2) is 35.1 Å². The predicted molar refractivity (Wildman–Crippen MR) is 101 cm³/mol. The predicted octanol–water partition coefficient (Wildman–Crippen LogP) is 3.37. The zero-order chi connectivity index (χ0) is 18.2. The van der Waals surface area contributed by atoms with Crippen molar-refractivity contribution in [3.05, 3.63) is 65.0 Å². The normalized spacial score (nSPS) is 19.1. The Morgan fingerprint density at radius 1 is 1.20 bits per heavy atom. The topological polar surface area (TPSA) is 36.4 Å². The monoisotopic (exact) mass is 334 g/mol. The van der Waals surface area contributed by atoms with Gasteiger partial charge in [-0.1, -0.05) is 51.0 Å². The van der Waals surface area contributed by atoms with Crippen LogP contribution in [0.25, 0.3) is 0 Å². The van der Waals surface area contributed by atoms with E-state index in [4.69, 9.17) is 6.42 Å². The molecule has 0 unspecified atom stereocenters. The molecular formula is C22H26N2O. The summed E-state index contributed by atoms with van der Waals surface area (Å²) in [6.07, 6.45) is 8.94. The summed E-state index contributed by atoms with van der Waals surface area (Å²) in [6, 6.07) is 10.2. The molecule has 1 fully saturated rings. The molecule has 0 spiro atoms. The number of aromatic nitrogens is 1. The molecule has 1 N–H and O–H groups in total. The van der Waals surface area contributed by atoms with E-state index >= 15 is 0 Å². The van der Waals surface area contributed by atoms with Crippen LogP contribution >= 0.6 is 0 Å². The number of pyridine rings is 1. The molecule has 130 valence electrons. The summed E-state index contributed by atoms with van der Waals surface area (Å²) >= 11 is 0. The highest BCUT2D eigenvalue weighted by molar-refractivity contribution is 5.44. The third kappa shape index (κ3) is 2.86. The number of terminal acetylenes is 1. The number of rotatable bonds is 4. The van der Waals surface area contributed by atoms with Gasteiger partial charge in [-0.25, -0.2) is 0 Å². The fourth-order valence-corrected chi connectivity index (χ4v) is 4.06. The standard InChI is InChI=1S/C22H26N2O/c1-6-17-11-20(13-23-12-17)22(25,21(4)14-24(5)15-21)19-9-7-18(8-10-19)16(2)3/h1,7-13,16,25H,14-15H2,2-5H3/t22-/m0/s1. The Kier molecular flexibility index (Phi) is 4.45. The molecule has 1 saturated heterocycles. The number of nitrogens with zero attached hydrogens (tertiary/aromatic N) is 2. The first-order valence-electron chi connectivity index (χ1n) is 8.73. The third-order valence-electron chi connectivity index (χ3n) is 5.43. The van der Waals surface area contributed by atoms with Gasteiger partial charge in [0.05, 0.1) is 0 Å². The maximum absolute atomic E-state index is 12.0. The number of likely N-dealkylation sites (tertiary alicyclic amines) is 1. The summed E-state index contributed by atoms with van der Waals surface area (Å²) in [5.41, 5.74) is 2.17. The van der Waals surface area contributed by atoms with Crippen molar-refractivity contribution in [2.24, 2.45) is 5.41 Å². The summed E-state index contributed by atoms with van der Waals surface area (Å²) < 4.78 is 0. The summed E-state index contributed by atoms with van der Waals surface area (Å²) in [5, 5.41) is 12.0. The molecule has 3 nitrogen and oxygen atoms in total. The molecule has 1 aliphatic heterocycles. The van der Waals surface area contributed by atoms with Gasteiger partial charge in [0.2, 0.25) is 0 Å². The van der Waals surface area contributed by atoms with Gasteiger partial charge in [0.1, 0.15) is 5.60 Å². The zero-order valence-electron chi connectivity index (χ0n) is 15.5. The van der Waals surface area contributed by atoms with E-state index in [1.807, 2.05) is 18.2 Å². The summed E-state index contributed by atoms with van der Waals surface area (Å²) in [5.74, 6) is 3.08. The van der Waals surface area contributed by atoms with Crippen LogP contribution in [0, 0.1) is 17.8 Å². The minimum absolute atomic E-state index is 0.296. The zero-order valence-corrected chi connectivity index (χ0v) is 15.5. The van der Waals surface area contributed by atoms with E-state index in [9.17, 15) is 5.11 Å². The molecule has 0 radical (unpaired) electrons. The van der Waals surface area contributed by atoms with E-state index in [1.54, 1.807) is 12.4 Å². The Labute approximate surface area is 150 Å². The summed E-state index contributed by atoms with van der Waals surface area (Å²) in [4.78, 5) is 6.48. The van der Waals surface area contributed by atoms with Crippen LogP contribution in [0.4, 0.5) is 0 Å². The van der Waals surface area contributed by atoms with Crippen molar-refractivity contribution in [2.75, 3.05) is 20.1 Å². The molecule has 2 aromatic rings. The molecule has 1 aliphatic rings. The van der Waals surface area contributed by atoms with E-state index in [-0.39, 0.29) is 5.41 Å². The van der Waals surface area contributed by atoms with Crippen LogP contribution in [0.3, 0.4) is 0 Å². The fraction of sp³-hybridized carbons (Fsp3) is 0.409. The number of benzene rings is 1. The summed E-state index contributed by atoms with van der Waals surface area (Å²) in [7, 11) is 2.07. The minimum atomic E-state index is -1.13. The molecule has 0 aliphatic carbocycles. The first-order chi connectivity index (χ1) is 11.8. The lowest BCUT2D eigenvalue weighted by atomic mass is 9.62. The average Bonchev–Trinajstić information content (AvgIpc) is 2.59. The molecule has 0 amide bonds. The van der Waals surface area contributed by atoms with Crippen molar-refractivity contribution in [1.29, 1.82) is 0 Å². The van der Waals surface area contributed by atoms with Crippen molar-refractivity contribution in [3.8, 4) is 12.3 Å². The Balaban J connectivity index is 2.14. The Hall–Kier alpha value is -2.15. The van der Waals surface area contributed by atoms with Crippen LogP contribution < -0.4 is 0 Å². The Bertz CT molecular complexity index is 798. The second kappa shape index (κ2) is 6.29. The van der Waals surface area contributed by atoms with Crippen LogP contribution in [0.2, 0.25) is 0 Å². The van der Waals surface area contributed by atoms with E-state index in [1.165, 1.54) is 5.56 Å². The summed E-state index contributed by atoms with van der Waals surface area (Å²) in [6.45, 7) is 8.10. The van der Waals surface area contributed by atoms with Gasteiger partial charge >= 0.3 is 0 Å².